The van der Waals surface area contributed by atoms with E-state index in [0.717, 1.165) is 16.8 Å². The molecule has 1 aliphatic rings. The number of hydrogen-bond donors (Lipinski definition) is 1. The highest BCUT2D eigenvalue weighted by molar-refractivity contribution is 5.83. The van der Waals surface area contributed by atoms with Gasteiger partial charge in [-0.2, -0.15) is 0 Å². The molecule has 6 nitrogen and oxygen atoms in total. The average molecular weight is 318 g/mol. The van der Waals surface area contributed by atoms with Gasteiger partial charge in [0.2, 0.25) is 0 Å². The second kappa shape index (κ2) is 7.78. The lowest BCUT2D eigenvalue weighted by molar-refractivity contribution is -0.145. The zero-order valence-corrected chi connectivity index (χ0v) is 13.7. The van der Waals surface area contributed by atoms with Crippen molar-refractivity contribution in [2.45, 2.75) is 26.3 Å². The first-order chi connectivity index (χ1) is 11.0. The van der Waals surface area contributed by atoms with Gasteiger partial charge in [0.05, 0.1) is 18.9 Å². The first-order valence-electron chi connectivity index (χ1n) is 7.62. The Morgan fingerprint density at radius 3 is 2.52 bits per heavy atom. The molecule has 1 heterocycles. The van der Waals surface area contributed by atoms with E-state index in [9.17, 15) is 9.59 Å². The van der Waals surface area contributed by atoms with Crippen LogP contribution in [0.1, 0.15) is 25.0 Å². The van der Waals surface area contributed by atoms with E-state index in [1.165, 1.54) is 6.92 Å². The first kappa shape index (κ1) is 17.0. The Morgan fingerprint density at radius 1 is 1.22 bits per heavy atom. The Kier molecular flexibility index (Phi) is 5.76. The highest BCUT2D eigenvalue weighted by atomic mass is 16.5. The molecule has 6 heteroatoms. The van der Waals surface area contributed by atoms with E-state index in [1.54, 1.807) is 6.92 Å². The van der Waals surface area contributed by atoms with Crippen LogP contribution in [-0.2, 0) is 25.5 Å². The summed E-state index contributed by atoms with van der Waals surface area (Å²) in [6, 6.07) is 7.50. The lowest BCUT2D eigenvalue weighted by atomic mass is 10.1. The molecular formula is C17H22N2O4. The number of esters is 2. The molecule has 0 bridgehead atoms. The predicted molar refractivity (Wildman–Crippen MR) is 86.1 cm³/mol. The van der Waals surface area contributed by atoms with Crippen LogP contribution in [0.3, 0.4) is 0 Å². The van der Waals surface area contributed by atoms with Crippen molar-refractivity contribution in [2.75, 3.05) is 20.3 Å². The SMILES string of the molecule is CCOC(=O)C1C=C(c2ccc(CCOC(C)=O)cc2)N(C)N1. The zero-order chi connectivity index (χ0) is 16.8. The smallest absolute Gasteiger partial charge is 0.329 e. The molecule has 1 unspecified atom stereocenters. The van der Waals surface area contributed by atoms with Gasteiger partial charge in [-0.15, -0.1) is 0 Å². The molecule has 0 amide bonds. The van der Waals surface area contributed by atoms with Gasteiger partial charge in [-0.25, -0.2) is 10.2 Å². The van der Waals surface area contributed by atoms with E-state index in [2.05, 4.69) is 5.43 Å². The number of hydrazine groups is 1. The van der Waals surface area contributed by atoms with Gasteiger partial charge in [0.25, 0.3) is 0 Å². The van der Waals surface area contributed by atoms with E-state index < -0.39 is 6.04 Å². The summed E-state index contributed by atoms with van der Waals surface area (Å²) in [5.74, 6) is -0.553. The molecule has 0 saturated heterocycles. The van der Waals surface area contributed by atoms with Crippen molar-refractivity contribution in [1.29, 1.82) is 0 Å². The largest absolute Gasteiger partial charge is 0.466 e. The number of nitrogens with one attached hydrogen (secondary N) is 1. The second-order valence-corrected chi connectivity index (χ2v) is 5.26. The predicted octanol–water partition coefficient (Wildman–Crippen LogP) is 1.51. The molecule has 124 valence electrons. The van der Waals surface area contributed by atoms with Crippen molar-refractivity contribution in [3.8, 4) is 0 Å². The summed E-state index contributed by atoms with van der Waals surface area (Å²) in [6.45, 7) is 3.93. The third-order valence-corrected chi connectivity index (χ3v) is 3.50. The number of hydrogen-bond acceptors (Lipinski definition) is 6. The van der Waals surface area contributed by atoms with E-state index >= 15 is 0 Å². The lowest BCUT2D eigenvalue weighted by Crippen LogP contribution is -2.39. The Hall–Kier alpha value is -2.34. The summed E-state index contributed by atoms with van der Waals surface area (Å²) in [5, 5.41) is 1.81. The average Bonchev–Trinajstić information content (AvgIpc) is 2.90. The summed E-state index contributed by atoms with van der Waals surface area (Å²) in [4.78, 5) is 22.5. The second-order valence-electron chi connectivity index (χ2n) is 5.26. The van der Waals surface area contributed by atoms with Crippen LogP contribution in [0.25, 0.3) is 5.70 Å². The molecule has 0 spiro atoms. The first-order valence-corrected chi connectivity index (χ1v) is 7.62. The van der Waals surface area contributed by atoms with E-state index in [1.807, 2.05) is 42.4 Å². The van der Waals surface area contributed by atoms with E-state index in [-0.39, 0.29) is 11.9 Å². The third kappa shape index (κ3) is 4.56. The molecular weight excluding hydrogens is 296 g/mol. The van der Waals surface area contributed by atoms with Gasteiger partial charge in [-0.05, 0) is 24.1 Å². The Labute approximate surface area is 136 Å². The maximum Gasteiger partial charge on any atom is 0.329 e. The Balaban J connectivity index is 2.02. The molecule has 1 aliphatic heterocycles. The Morgan fingerprint density at radius 2 is 1.91 bits per heavy atom. The van der Waals surface area contributed by atoms with Crippen LogP contribution >= 0.6 is 0 Å². The normalized spacial score (nSPS) is 16.9. The van der Waals surface area contributed by atoms with Crippen molar-refractivity contribution >= 4 is 17.6 Å². The number of carbonyl (C=O) groups is 2. The van der Waals surface area contributed by atoms with Crippen molar-refractivity contribution in [2.24, 2.45) is 0 Å². The summed E-state index contributed by atoms with van der Waals surface area (Å²) < 4.78 is 9.96. The Bertz CT molecular complexity index is 595. The minimum absolute atomic E-state index is 0.268. The maximum atomic E-state index is 11.8. The van der Waals surface area contributed by atoms with Crippen molar-refractivity contribution in [1.82, 2.24) is 10.4 Å². The van der Waals surface area contributed by atoms with E-state index in [0.29, 0.717) is 19.6 Å². The van der Waals surface area contributed by atoms with Crippen molar-refractivity contribution in [3.05, 3.63) is 41.5 Å². The summed E-state index contributed by atoms with van der Waals surface area (Å²) in [7, 11) is 1.86. The third-order valence-electron chi connectivity index (χ3n) is 3.50. The molecule has 1 atom stereocenters. The van der Waals surface area contributed by atoms with Gasteiger partial charge in [-0.1, -0.05) is 24.3 Å². The fourth-order valence-corrected chi connectivity index (χ4v) is 2.38. The maximum absolute atomic E-state index is 11.8. The molecule has 1 N–H and O–H groups in total. The van der Waals surface area contributed by atoms with Crippen LogP contribution in [0.4, 0.5) is 0 Å². The highest BCUT2D eigenvalue weighted by Crippen LogP contribution is 2.23. The number of benzene rings is 1. The van der Waals surface area contributed by atoms with Crippen LogP contribution in [0.5, 0.6) is 0 Å². The summed E-state index contributed by atoms with van der Waals surface area (Å²) >= 11 is 0. The fourth-order valence-electron chi connectivity index (χ4n) is 2.38. The van der Waals surface area contributed by atoms with Gasteiger partial charge >= 0.3 is 11.9 Å². The van der Waals surface area contributed by atoms with E-state index in [4.69, 9.17) is 9.47 Å². The van der Waals surface area contributed by atoms with Crippen molar-refractivity contribution < 1.29 is 19.1 Å². The molecule has 0 saturated carbocycles. The minimum atomic E-state index is -0.460. The van der Waals surface area contributed by atoms with Gasteiger partial charge in [-0.3, -0.25) is 4.79 Å². The van der Waals surface area contributed by atoms with Gasteiger partial charge in [0.15, 0.2) is 0 Å². The van der Waals surface area contributed by atoms with Crippen LogP contribution in [0, 0.1) is 0 Å². The van der Waals surface area contributed by atoms with Crippen LogP contribution in [0.2, 0.25) is 0 Å². The number of ether oxygens (including phenoxy) is 2. The lowest BCUT2D eigenvalue weighted by Gasteiger charge is -2.18. The molecule has 0 aliphatic carbocycles. The molecule has 1 aromatic carbocycles. The van der Waals surface area contributed by atoms with Crippen LogP contribution < -0.4 is 5.43 Å². The fraction of sp³-hybridized carbons (Fsp3) is 0.412. The molecule has 2 rings (SSSR count). The number of carbonyl (C=O) groups excluding carboxylic acids is 2. The van der Waals surface area contributed by atoms with Crippen LogP contribution in [-0.4, -0.2) is 43.3 Å². The topological polar surface area (TPSA) is 67.9 Å². The monoisotopic (exact) mass is 318 g/mol. The summed E-state index contributed by atoms with van der Waals surface area (Å²) in [6.07, 6.45) is 2.53. The molecule has 1 aromatic rings. The highest BCUT2D eigenvalue weighted by Gasteiger charge is 2.27. The quantitative estimate of drug-likeness (QED) is 0.802. The van der Waals surface area contributed by atoms with Crippen molar-refractivity contribution in [3.63, 3.8) is 0 Å². The molecule has 23 heavy (non-hydrogen) atoms. The van der Waals surface area contributed by atoms with Gasteiger partial charge < -0.3 is 14.5 Å². The minimum Gasteiger partial charge on any atom is -0.466 e. The standard InChI is InChI=1S/C17H22N2O4/c1-4-22-17(21)15-11-16(19(3)18-15)14-7-5-13(6-8-14)9-10-23-12(2)20/h5-8,11,15,18H,4,9-10H2,1-3H3. The number of nitrogens with zero attached hydrogens (tertiary/aromatic N) is 1. The van der Waals surface area contributed by atoms with Crippen LogP contribution in [0.15, 0.2) is 30.3 Å². The van der Waals surface area contributed by atoms with Gasteiger partial charge in [0.1, 0.15) is 6.04 Å². The molecule has 0 aromatic heterocycles. The summed E-state index contributed by atoms with van der Waals surface area (Å²) in [5.41, 5.74) is 6.07. The number of rotatable bonds is 6. The van der Waals surface area contributed by atoms with Gasteiger partial charge in [0, 0.05) is 20.4 Å². The zero-order valence-electron chi connectivity index (χ0n) is 13.7. The molecule has 0 fully saturated rings. The molecule has 0 radical (unpaired) electrons.